The Hall–Kier alpha value is -2.82. The van der Waals surface area contributed by atoms with E-state index in [2.05, 4.69) is 20.9 Å². The number of carboxylic acids is 1. The molecule has 0 aliphatic carbocycles. The van der Waals surface area contributed by atoms with Crippen LogP contribution in [-0.4, -0.2) is 77.6 Å². The number of aliphatic carboxylic acids is 1. The Labute approximate surface area is 222 Å². The maximum Gasteiger partial charge on any atom is 0.328 e. The van der Waals surface area contributed by atoms with E-state index < -0.39 is 17.9 Å². The zero-order valence-electron chi connectivity index (χ0n) is 21.5. The first-order valence-corrected chi connectivity index (χ1v) is 14.0. The first kappa shape index (κ1) is 27.2. The van der Waals surface area contributed by atoms with Crippen molar-refractivity contribution in [2.45, 2.75) is 63.5 Å². The van der Waals surface area contributed by atoms with Crippen LogP contribution in [0.25, 0.3) is 0 Å². The van der Waals surface area contributed by atoms with Gasteiger partial charge in [0.15, 0.2) is 0 Å². The molecule has 2 fully saturated rings. The molecular weight excluding hydrogens is 490 g/mol. The number of nitrogens with zero attached hydrogens (tertiary/aromatic N) is 2. The average Bonchev–Trinajstić information content (AvgIpc) is 3.38. The van der Waals surface area contributed by atoms with Crippen molar-refractivity contribution in [1.29, 1.82) is 0 Å². The summed E-state index contributed by atoms with van der Waals surface area (Å²) in [4.78, 5) is 45.4. The van der Waals surface area contributed by atoms with E-state index in [1.807, 2.05) is 13.8 Å². The van der Waals surface area contributed by atoms with Crippen molar-refractivity contribution in [2.24, 2.45) is 0 Å². The number of thiazole rings is 1. The normalized spacial score (nSPS) is 18.5. The van der Waals surface area contributed by atoms with Crippen molar-refractivity contribution in [3.8, 4) is 0 Å². The number of aromatic nitrogens is 1. The Morgan fingerprint density at radius 2 is 1.76 bits per heavy atom. The molecule has 2 saturated heterocycles. The summed E-state index contributed by atoms with van der Waals surface area (Å²) in [5, 5.41) is 19.2. The van der Waals surface area contributed by atoms with Crippen molar-refractivity contribution in [1.82, 2.24) is 25.8 Å². The molecule has 0 saturated carbocycles. The van der Waals surface area contributed by atoms with Gasteiger partial charge in [0, 0.05) is 24.1 Å². The largest absolute Gasteiger partial charge is 0.480 e. The molecule has 0 unspecified atom stereocenters. The van der Waals surface area contributed by atoms with Gasteiger partial charge in [-0.3, -0.25) is 9.59 Å². The predicted octanol–water partition coefficient (Wildman–Crippen LogP) is 2.81. The molecule has 1 aromatic carbocycles. The highest BCUT2D eigenvalue weighted by Gasteiger charge is 2.31. The zero-order valence-corrected chi connectivity index (χ0v) is 22.4. The van der Waals surface area contributed by atoms with Crippen LogP contribution in [0.4, 0.5) is 0 Å². The first-order valence-electron chi connectivity index (χ1n) is 13.2. The minimum absolute atomic E-state index is 0.0635. The maximum atomic E-state index is 13.1. The van der Waals surface area contributed by atoms with Gasteiger partial charge in [0.05, 0.1) is 10.7 Å². The molecule has 37 heavy (non-hydrogen) atoms. The summed E-state index contributed by atoms with van der Waals surface area (Å²) in [5.41, 5.74) is 1.11. The fourth-order valence-electron chi connectivity index (χ4n) is 5.07. The third-order valence-corrected chi connectivity index (χ3v) is 8.47. The van der Waals surface area contributed by atoms with Gasteiger partial charge in [-0.05, 0) is 69.9 Å². The van der Waals surface area contributed by atoms with E-state index in [4.69, 9.17) is 4.98 Å². The third kappa shape index (κ3) is 6.94. The van der Waals surface area contributed by atoms with Crippen molar-refractivity contribution in [3.63, 3.8) is 0 Å². The van der Waals surface area contributed by atoms with Crippen molar-refractivity contribution in [2.75, 3.05) is 32.7 Å². The number of nitrogens with one attached hydrogen (secondary N) is 3. The second-order valence-electron chi connectivity index (χ2n) is 10.2. The molecule has 2 aliphatic heterocycles. The Kier molecular flexibility index (Phi) is 9.28. The number of hydrogen-bond acceptors (Lipinski definition) is 7. The fourth-order valence-corrected chi connectivity index (χ4v) is 6.37. The highest BCUT2D eigenvalue weighted by Crippen LogP contribution is 2.35. The molecule has 4 N–H and O–H groups in total. The topological polar surface area (TPSA) is 124 Å². The SMILES string of the molecule is CC(C)c1nc(C2CCN(C3CCNCC3)CC2)sc1C(=O)NC[C@H](NC(=O)c1ccccc1)C(=O)O. The number of carbonyl (C=O) groups excluding carboxylic acids is 2. The van der Waals surface area contributed by atoms with Crippen LogP contribution in [0.2, 0.25) is 0 Å². The lowest BCUT2D eigenvalue weighted by atomic mass is 9.94. The summed E-state index contributed by atoms with van der Waals surface area (Å²) >= 11 is 1.42. The molecule has 4 rings (SSSR count). The van der Waals surface area contributed by atoms with Crippen LogP contribution in [0.5, 0.6) is 0 Å². The highest BCUT2D eigenvalue weighted by molar-refractivity contribution is 7.13. The van der Waals surface area contributed by atoms with Gasteiger partial charge in [-0.1, -0.05) is 32.0 Å². The van der Waals surface area contributed by atoms with Crippen LogP contribution >= 0.6 is 11.3 Å². The molecular formula is C27H37N5O4S. The molecule has 2 aromatic rings. The van der Waals surface area contributed by atoms with Gasteiger partial charge < -0.3 is 26.0 Å². The minimum Gasteiger partial charge on any atom is -0.480 e. The van der Waals surface area contributed by atoms with E-state index in [9.17, 15) is 19.5 Å². The Morgan fingerprint density at radius 1 is 1.08 bits per heavy atom. The molecule has 0 spiro atoms. The summed E-state index contributed by atoms with van der Waals surface area (Å²) in [6.45, 7) is 8.08. The lowest BCUT2D eigenvalue weighted by molar-refractivity contribution is -0.139. The van der Waals surface area contributed by atoms with Gasteiger partial charge in [0.1, 0.15) is 10.9 Å². The number of likely N-dealkylation sites (tertiary alicyclic amines) is 1. The van der Waals surface area contributed by atoms with Gasteiger partial charge >= 0.3 is 5.97 Å². The number of rotatable bonds is 9. The maximum absolute atomic E-state index is 13.1. The lowest BCUT2D eigenvalue weighted by Gasteiger charge is -2.39. The second-order valence-corrected chi connectivity index (χ2v) is 11.2. The second kappa shape index (κ2) is 12.6. The molecule has 1 aromatic heterocycles. The highest BCUT2D eigenvalue weighted by atomic mass is 32.1. The summed E-state index contributed by atoms with van der Waals surface area (Å²) in [5.74, 6) is -1.66. The van der Waals surface area contributed by atoms with Gasteiger partial charge in [0.2, 0.25) is 0 Å². The van der Waals surface area contributed by atoms with Gasteiger partial charge in [-0.25, -0.2) is 9.78 Å². The molecule has 200 valence electrons. The van der Waals surface area contributed by atoms with Crippen LogP contribution in [0.3, 0.4) is 0 Å². The molecule has 10 heteroatoms. The number of hydrogen-bond donors (Lipinski definition) is 4. The summed E-state index contributed by atoms with van der Waals surface area (Å²) in [6.07, 6.45) is 4.46. The monoisotopic (exact) mass is 527 g/mol. The van der Waals surface area contributed by atoms with Crippen molar-refractivity contribution in [3.05, 3.63) is 51.5 Å². The molecule has 3 heterocycles. The van der Waals surface area contributed by atoms with Crippen molar-refractivity contribution < 1.29 is 19.5 Å². The van der Waals surface area contributed by atoms with E-state index in [1.165, 1.54) is 24.2 Å². The summed E-state index contributed by atoms with van der Waals surface area (Å²) in [6, 6.07) is 7.83. The van der Waals surface area contributed by atoms with Crippen LogP contribution < -0.4 is 16.0 Å². The molecule has 9 nitrogen and oxygen atoms in total. The third-order valence-electron chi connectivity index (χ3n) is 7.23. The summed E-state index contributed by atoms with van der Waals surface area (Å²) in [7, 11) is 0. The minimum atomic E-state index is -1.24. The van der Waals surface area contributed by atoms with Gasteiger partial charge in [-0.2, -0.15) is 0 Å². The quantitative estimate of drug-likeness (QED) is 0.395. The van der Waals surface area contributed by atoms with Gasteiger partial charge in [-0.15, -0.1) is 11.3 Å². The van der Waals surface area contributed by atoms with E-state index in [0.717, 1.165) is 49.7 Å². The summed E-state index contributed by atoms with van der Waals surface area (Å²) < 4.78 is 0. The van der Waals surface area contributed by atoms with Crippen LogP contribution in [0.1, 0.15) is 82.1 Å². The van der Waals surface area contributed by atoms with E-state index in [1.54, 1.807) is 30.3 Å². The lowest BCUT2D eigenvalue weighted by Crippen LogP contribution is -2.48. The number of benzene rings is 1. The van der Waals surface area contributed by atoms with Gasteiger partial charge in [0.25, 0.3) is 11.8 Å². The number of carboxylic acid groups (broad SMARTS) is 1. The molecule has 0 radical (unpaired) electrons. The number of amides is 2. The van der Waals surface area contributed by atoms with E-state index in [0.29, 0.717) is 22.4 Å². The Balaban J connectivity index is 1.38. The van der Waals surface area contributed by atoms with E-state index in [-0.39, 0.29) is 18.4 Å². The average molecular weight is 528 g/mol. The van der Waals surface area contributed by atoms with E-state index >= 15 is 0 Å². The number of piperidine rings is 2. The first-order chi connectivity index (χ1) is 17.8. The zero-order chi connectivity index (χ0) is 26.4. The Morgan fingerprint density at radius 3 is 2.38 bits per heavy atom. The standard InChI is InChI=1S/C27H37N5O4S/c1-17(2)22-23(25(34)29-16-21(27(35)36)30-24(33)18-6-4-3-5-7-18)37-26(31-22)19-10-14-32(15-11-19)20-8-12-28-13-9-20/h3-7,17,19-21,28H,8-16H2,1-2H3,(H,29,34)(H,30,33)(H,35,36)/t21-/m0/s1. The smallest absolute Gasteiger partial charge is 0.328 e. The van der Waals surface area contributed by atoms with Crippen molar-refractivity contribution >= 4 is 29.1 Å². The molecule has 2 amide bonds. The number of carbonyl (C=O) groups is 3. The molecule has 1 atom stereocenters. The predicted molar refractivity (Wildman–Crippen MR) is 143 cm³/mol. The fraction of sp³-hybridized carbons (Fsp3) is 0.556. The van der Waals surface area contributed by atoms with Crippen LogP contribution in [0, 0.1) is 0 Å². The van der Waals surface area contributed by atoms with Crippen LogP contribution in [0.15, 0.2) is 30.3 Å². The molecule has 0 bridgehead atoms. The Bertz CT molecular complexity index is 1080. The van der Waals surface area contributed by atoms with Crippen LogP contribution in [-0.2, 0) is 4.79 Å². The molecule has 2 aliphatic rings.